The lowest BCUT2D eigenvalue weighted by atomic mass is 10.2. The molecule has 1 aromatic heterocycles. The van der Waals surface area contributed by atoms with Crippen LogP contribution in [-0.4, -0.2) is 26.8 Å². The predicted octanol–water partition coefficient (Wildman–Crippen LogP) is 1.12. The van der Waals surface area contributed by atoms with Gasteiger partial charge in [0.1, 0.15) is 6.42 Å². The number of aryl methyl sites for hydroxylation is 1. The van der Waals surface area contributed by atoms with E-state index in [1.165, 1.54) is 10.7 Å². The summed E-state index contributed by atoms with van der Waals surface area (Å²) in [4.78, 5) is 22.4. The van der Waals surface area contributed by atoms with Gasteiger partial charge in [-0.3, -0.25) is 9.48 Å². The number of hydrogen-bond donors (Lipinski definition) is 2. The highest BCUT2D eigenvalue weighted by Gasteiger charge is 2.15. The number of nitriles is 1. The molecule has 0 aliphatic rings. The second kappa shape index (κ2) is 4.78. The Morgan fingerprint density at radius 2 is 2.26 bits per heavy atom. The molecule has 0 saturated carbocycles. The molecule has 0 bridgehead atoms. The van der Waals surface area contributed by atoms with Crippen LogP contribution in [0.1, 0.15) is 16.9 Å². The lowest BCUT2D eigenvalue weighted by Crippen LogP contribution is -2.09. The van der Waals surface area contributed by atoms with Crippen molar-refractivity contribution in [2.45, 2.75) is 6.42 Å². The molecule has 0 fully saturated rings. The van der Waals surface area contributed by atoms with Gasteiger partial charge in [-0.2, -0.15) is 10.4 Å². The lowest BCUT2D eigenvalue weighted by molar-refractivity contribution is -0.115. The Morgan fingerprint density at radius 3 is 2.89 bits per heavy atom. The van der Waals surface area contributed by atoms with E-state index in [1.54, 1.807) is 25.2 Å². The number of carboxylic acids is 1. The Labute approximate surface area is 108 Å². The Bertz CT molecular complexity index is 712. The molecule has 2 N–H and O–H groups in total. The summed E-state index contributed by atoms with van der Waals surface area (Å²) < 4.78 is 1.46. The largest absolute Gasteiger partial charge is 0.476 e. The van der Waals surface area contributed by atoms with Crippen LogP contribution in [0.25, 0.3) is 10.9 Å². The summed E-state index contributed by atoms with van der Waals surface area (Å²) in [6.07, 6.45) is -0.253. The van der Waals surface area contributed by atoms with E-state index in [0.717, 1.165) is 0 Å². The summed E-state index contributed by atoms with van der Waals surface area (Å²) in [6, 6.07) is 6.56. The van der Waals surface area contributed by atoms with E-state index in [2.05, 4.69) is 10.4 Å². The van der Waals surface area contributed by atoms with E-state index in [9.17, 15) is 9.59 Å². The SMILES string of the molecule is Cn1nc(C(=O)O)c2cc(NC(=O)CC#N)ccc21. The van der Waals surface area contributed by atoms with E-state index < -0.39 is 11.9 Å². The van der Waals surface area contributed by atoms with Gasteiger partial charge in [-0.25, -0.2) is 4.79 Å². The maximum absolute atomic E-state index is 11.3. The smallest absolute Gasteiger partial charge is 0.357 e. The summed E-state index contributed by atoms with van der Waals surface area (Å²) in [7, 11) is 1.64. The van der Waals surface area contributed by atoms with Crippen LogP contribution in [0.3, 0.4) is 0 Å². The molecule has 1 amide bonds. The van der Waals surface area contributed by atoms with Crippen LogP contribution in [0, 0.1) is 11.3 Å². The van der Waals surface area contributed by atoms with Gasteiger partial charge in [-0.1, -0.05) is 0 Å². The number of benzene rings is 1. The number of anilines is 1. The van der Waals surface area contributed by atoms with Crippen LogP contribution >= 0.6 is 0 Å². The monoisotopic (exact) mass is 258 g/mol. The normalized spacial score (nSPS) is 10.1. The fourth-order valence-electron chi connectivity index (χ4n) is 1.78. The fourth-order valence-corrected chi connectivity index (χ4v) is 1.78. The molecule has 7 nitrogen and oxygen atoms in total. The molecular formula is C12H10N4O3. The zero-order valence-corrected chi connectivity index (χ0v) is 10.0. The second-order valence-electron chi connectivity index (χ2n) is 3.89. The number of hydrogen-bond acceptors (Lipinski definition) is 4. The van der Waals surface area contributed by atoms with Crippen LogP contribution < -0.4 is 5.32 Å². The molecule has 0 saturated heterocycles. The zero-order valence-electron chi connectivity index (χ0n) is 10.0. The average molecular weight is 258 g/mol. The van der Waals surface area contributed by atoms with Crippen molar-refractivity contribution in [1.82, 2.24) is 9.78 Å². The summed E-state index contributed by atoms with van der Waals surface area (Å²) in [6.45, 7) is 0. The number of carbonyl (C=O) groups excluding carboxylic acids is 1. The van der Waals surface area contributed by atoms with E-state index in [1.807, 2.05) is 0 Å². The first-order valence-electron chi connectivity index (χ1n) is 5.40. The molecule has 0 aliphatic carbocycles. The standard InChI is InChI=1S/C12H10N4O3/c1-16-9-3-2-7(14-10(17)4-5-13)6-8(9)11(15-16)12(18)19/h2-3,6H,4H2,1H3,(H,14,17)(H,18,19). The van der Waals surface area contributed by atoms with Gasteiger partial charge in [0.25, 0.3) is 0 Å². The maximum Gasteiger partial charge on any atom is 0.357 e. The number of amides is 1. The molecule has 1 heterocycles. The highest BCUT2D eigenvalue weighted by Crippen LogP contribution is 2.22. The lowest BCUT2D eigenvalue weighted by Gasteiger charge is -2.03. The molecule has 7 heteroatoms. The van der Waals surface area contributed by atoms with Gasteiger partial charge in [0.15, 0.2) is 5.69 Å². The summed E-state index contributed by atoms with van der Waals surface area (Å²) in [5.41, 5.74) is 1.01. The van der Waals surface area contributed by atoms with E-state index in [-0.39, 0.29) is 12.1 Å². The van der Waals surface area contributed by atoms with Crippen LogP contribution in [0.15, 0.2) is 18.2 Å². The molecule has 2 aromatic rings. The predicted molar refractivity (Wildman–Crippen MR) is 66.5 cm³/mol. The van der Waals surface area contributed by atoms with Crippen molar-refractivity contribution in [2.24, 2.45) is 7.05 Å². The molecule has 0 radical (unpaired) electrons. The number of nitrogens with one attached hydrogen (secondary N) is 1. The molecule has 1 aromatic carbocycles. The van der Waals surface area contributed by atoms with Gasteiger partial charge in [0.05, 0.1) is 11.6 Å². The molecule has 0 spiro atoms. The number of aromatic carboxylic acids is 1. The minimum Gasteiger partial charge on any atom is -0.476 e. The summed E-state index contributed by atoms with van der Waals surface area (Å²) in [5, 5.41) is 24.3. The Hall–Kier alpha value is -2.88. The first kappa shape index (κ1) is 12.6. The van der Waals surface area contributed by atoms with Crippen molar-refractivity contribution in [3.8, 4) is 6.07 Å². The van der Waals surface area contributed by atoms with E-state index >= 15 is 0 Å². The zero-order chi connectivity index (χ0) is 14.0. The molecular weight excluding hydrogens is 248 g/mol. The highest BCUT2D eigenvalue weighted by atomic mass is 16.4. The van der Waals surface area contributed by atoms with Gasteiger partial charge in [0, 0.05) is 18.1 Å². The van der Waals surface area contributed by atoms with Gasteiger partial charge >= 0.3 is 5.97 Å². The van der Waals surface area contributed by atoms with Crippen LogP contribution in [0.2, 0.25) is 0 Å². The molecule has 96 valence electrons. The van der Waals surface area contributed by atoms with Crippen molar-refractivity contribution < 1.29 is 14.7 Å². The summed E-state index contributed by atoms with van der Waals surface area (Å²) >= 11 is 0. The molecule has 0 unspecified atom stereocenters. The third-order valence-electron chi connectivity index (χ3n) is 2.58. The number of nitrogens with zero attached hydrogens (tertiary/aromatic N) is 3. The van der Waals surface area contributed by atoms with Crippen LogP contribution in [0.4, 0.5) is 5.69 Å². The minimum atomic E-state index is -1.13. The van der Waals surface area contributed by atoms with E-state index in [4.69, 9.17) is 10.4 Å². The highest BCUT2D eigenvalue weighted by molar-refractivity contribution is 6.03. The topological polar surface area (TPSA) is 108 Å². The number of fused-ring (bicyclic) bond motifs is 1. The van der Waals surface area contributed by atoms with Gasteiger partial charge in [-0.05, 0) is 18.2 Å². The van der Waals surface area contributed by atoms with Gasteiger partial charge < -0.3 is 10.4 Å². The second-order valence-corrected chi connectivity index (χ2v) is 3.89. The first-order valence-corrected chi connectivity index (χ1v) is 5.40. The van der Waals surface area contributed by atoms with Crippen molar-refractivity contribution >= 4 is 28.5 Å². The van der Waals surface area contributed by atoms with Crippen molar-refractivity contribution in [3.05, 3.63) is 23.9 Å². The van der Waals surface area contributed by atoms with Crippen molar-refractivity contribution in [1.29, 1.82) is 5.26 Å². The maximum atomic E-state index is 11.3. The average Bonchev–Trinajstić information content (AvgIpc) is 2.67. The van der Waals surface area contributed by atoms with Gasteiger partial charge in [0.2, 0.25) is 5.91 Å². The Kier molecular flexibility index (Phi) is 3.16. The van der Waals surface area contributed by atoms with E-state index in [0.29, 0.717) is 16.6 Å². The van der Waals surface area contributed by atoms with Crippen molar-refractivity contribution in [3.63, 3.8) is 0 Å². The van der Waals surface area contributed by atoms with Crippen LogP contribution in [-0.2, 0) is 11.8 Å². The fraction of sp³-hybridized carbons (Fsp3) is 0.167. The first-order chi connectivity index (χ1) is 9.02. The number of carboxylic acid groups (broad SMARTS) is 1. The van der Waals surface area contributed by atoms with Crippen molar-refractivity contribution in [2.75, 3.05) is 5.32 Å². The summed E-state index contributed by atoms with van der Waals surface area (Å²) in [5.74, 6) is -1.58. The van der Waals surface area contributed by atoms with Crippen LogP contribution in [0.5, 0.6) is 0 Å². The third-order valence-corrected chi connectivity index (χ3v) is 2.58. The Morgan fingerprint density at radius 1 is 1.53 bits per heavy atom. The number of rotatable bonds is 3. The number of carbonyl (C=O) groups is 2. The molecule has 19 heavy (non-hydrogen) atoms. The number of aromatic nitrogens is 2. The Balaban J connectivity index is 2.45. The molecule has 0 atom stereocenters. The molecule has 2 rings (SSSR count). The quantitative estimate of drug-likeness (QED) is 0.857. The third kappa shape index (κ3) is 2.37. The minimum absolute atomic E-state index is 0.0751. The molecule has 0 aliphatic heterocycles. The van der Waals surface area contributed by atoms with Gasteiger partial charge in [-0.15, -0.1) is 0 Å².